The van der Waals surface area contributed by atoms with Gasteiger partial charge in [-0.05, 0) is 32.2 Å². The molecule has 2 rings (SSSR count). The van der Waals surface area contributed by atoms with E-state index in [0.717, 1.165) is 25.8 Å². The number of nitro groups is 1. The summed E-state index contributed by atoms with van der Waals surface area (Å²) in [7, 11) is 0. The van der Waals surface area contributed by atoms with Crippen molar-refractivity contribution in [3.05, 3.63) is 22.5 Å². The van der Waals surface area contributed by atoms with Gasteiger partial charge in [0.2, 0.25) is 5.95 Å². The summed E-state index contributed by atoms with van der Waals surface area (Å²) >= 11 is 0. The molecule has 1 aromatic heterocycles. The van der Waals surface area contributed by atoms with Gasteiger partial charge in [-0.2, -0.15) is 0 Å². The highest BCUT2D eigenvalue weighted by Gasteiger charge is 2.24. The zero-order valence-corrected chi connectivity index (χ0v) is 10.2. The molecule has 0 radical (unpaired) electrons. The molecule has 1 aliphatic heterocycles. The van der Waals surface area contributed by atoms with Crippen LogP contribution in [0.1, 0.15) is 25.7 Å². The fourth-order valence-electron chi connectivity index (χ4n) is 2.31. The molecule has 1 atom stereocenters. The summed E-state index contributed by atoms with van der Waals surface area (Å²) in [5.41, 5.74) is 5.53. The molecule has 0 spiro atoms. The van der Waals surface area contributed by atoms with Crippen LogP contribution in [0.25, 0.3) is 0 Å². The highest BCUT2D eigenvalue weighted by molar-refractivity contribution is 5.35. The first kappa shape index (κ1) is 12.7. The lowest BCUT2D eigenvalue weighted by atomic mass is 10.00. The van der Waals surface area contributed by atoms with Crippen molar-refractivity contribution < 1.29 is 4.92 Å². The number of hydrogen-bond acceptors (Lipinski definition) is 6. The molecule has 7 nitrogen and oxygen atoms in total. The van der Waals surface area contributed by atoms with Crippen LogP contribution in [0.15, 0.2) is 12.4 Å². The summed E-state index contributed by atoms with van der Waals surface area (Å²) < 4.78 is 0. The van der Waals surface area contributed by atoms with Crippen LogP contribution in [0.5, 0.6) is 0 Å². The third-order valence-corrected chi connectivity index (χ3v) is 3.22. The molecule has 1 saturated heterocycles. The molecule has 1 fully saturated rings. The van der Waals surface area contributed by atoms with Crippen LogP contribution in [0.3, 0.4) is 0 Å². The molecular formula is C11H17N5O2. The average Bonchev–Trinajstić information content (AvgIpc) is 2.40. The third kappa shape index (κ3) is 2.73. The van der Waals surface area contributed by atoms with Gasteiger partial charge in [0.05, 0.1) is 4.92 Å². The summed E-state index contributed by atoms with van der Waals surface area (Å²) in [6.45, 7) is 1.52. The largest absolute Gasteiger partial charge is 0.338 e. The van der Waals surface area contributed by atoms with E-state index in [2.05, 4.69) is 14.9 Å². The normalized spacial score (nSPS) is 19.8. The van der Waals surface area contributed by atoms with Gasteiger partial charge in [-0.25, -0.2) is 9.97 Å². The van der Waals surface area contributed by atoms with Crippen LogP contribution in [-0.4, -0.2) is 34.0 Å². The zero-order chi connectivity index (χ0) is 13.0. The topological polar surface area (TPSA) is 98.2 Å². The molecule has 1 aliphatic rings. The second-order valence-corrected chi connectivity index (χ2v) is 4.42. The Morgan fingerprint density at radius 3 is 2.78 bits per heavy atom. The van der Waals surface area contributed by atoms with E-state index < -0.39 is 4.92 Å². The monoisotopic (exact) mass is 251 g/mol. The summed E-state index contributed by atoms with van der Waals surface area (Å²) in [5, 5.41) is 10.6. The minimum absolute atomic E-state index is 0.0777. The first-order valence-corrected chi connectivity index (χ1v) is 6.15. The molecule has 2 N–H and O–H groups in total. The van der Waals surface area contributed by atoms with Crippen molar-refractivity contribution >= 4 is 11.6 Å². The van der Waals surface area contributed by atoms with Crippen LogP contribution >= 0.6 is 0 Å². The Morgan fingerprint density at radius 2 is 2.17 bits per heavy atom. The number of aromatic nitrogens is 2. The van der Waals surface area contributed by atoms with E-state index in [1.165, 1.54) is 18.8 Å². The number of hydrogen-bond donors (Lipinski definition) is 1. The smallest absolute Gasteiger partial charge is 0.305 e. The molecule has 0 aromatic carbocycles. The van der Waals surface area contributed by atoms with Gasteiger partial charge in [0.15, 0.2) is 0 Å². The second-order valence-electron chi connectivity index (χ2n) is 4.42. The van der Waals surface area contributed by atoms with Crippen molar-refractivity contribution in [3.63, 3.8) is 0 Å². The standard InChI is InChI=1S/C11H17N5O2/c12-5-4-9-3-1-2-6-15(9)11-13-7-10(8-14-11)16(17)18/h7-9H,1-6,12H2. The highest BCUT2D eigenvalue weighted by Crippen LogP contribution is 2.23. The number of piperidine rings is 1. The summed E-state index contributed by atoms with van der Waals surface area (Å²) in [6.07, 6.45) is 6.79. The van der Waals surface area contributed by atoms with Crippen molar-refractivity contribution in [1.29, 1.82) is 0 Å². The Hall–Kier alpha value is -1.76. The van der Waals surface area contributed by atoms with Gasteiger partial charge in [0.1, 0.15) is 12.4 Å². The quantitative estimate of drug-likeness (QED) is 0.635. The molecule has 18 heavy (non-hydrogen) atoms. The van der Waals surface area contributed by atoms with Gasteiger partial charge in [-0.3, -0.25) is 10.1 Å². The highest BCUT2D eigenvalue weighted by atomic mass is 16.6. The maximum Gasteiger partial charge on any atom is 0.305 e. The Kier molecular flexibility index (Phi) is 4.03. The summed E-state index contributed by atoms with van der Waals surface area (Å²) in [5.74, 6) is 0.568. The molecule has 0 amide bonds. The number of rotatable bonds is 4. The predicted octanol–water partition coefficient (Wildman–Crippen LogP) is 1.09. The minimum Gasteiger partial charge on any atom is -0.338 e. The van der Waals surface area contributed by atoms with E-state index in [9.17, 15) is 10.1 Å². The Labute approximate surface area is 105 Å². The summed E-state index contributed by atoms with van der Waals surface area (Å²) in [6, 6.07) is 0.352. The van der Waals surface area contributed by atoms with Crippen molar-refractivity contribution in [2.24, 2.45) is 5.73 Å². The minimum atomic E-state index is -0.489. The first-order valence-electron chi connectivity index (χ1n) is 6.15. The van der Waals surface area contributed by atoms with Crippen LogP contribution in [0, 0.1) is 10.1 Å². The van der Waals surface area contributed by atoms with Gasteiger partial charge >= 0.3 is 5.69 Å². The zero-order valence-electron chi connectivity index (χ0n) is 10.2. The molecule has 7 heteroatoms. The van der Waals surface area contributed by atoms with E-state index in [-0.39, 0.29) is 5.69 Å². The van der Waals surface area contributed by atoms with Gasteiger partial charge in [0.25, 0.3) is 0 Å². The predicted molar refractivity (Wildman–Crippen MR) is 67.3 cm³/mol. The van der Waals surface area contributed by atoms with Crippen molar-refractivity contribution in [1.82, 2.24) is 9.97 Å². The SMILES string of the molecule is NCCC1CCCCN1c1ncc([N+](=O)[O-])cn1. The lowest BCUT2D eigenvalue weighted by Crippen LogP contribution is -2.41. The van der Waals surface area contributed by atoms with E-state index >= 15 is 0 Å². The van der Waals surface area contributed by atoms with E-state index in [1.807, 2.05) is 0 Å². The lowest BCUT2D eigenvalue weighted by molar-refractivity contribution is -0.385. The molecule has 2 heterocycles. The van der Waals surface area contributed by atoms with Crippen LogP contribution < -0.4 is 10.6 Å². The van der Waals surface area contributed by atoms with Gasteiger partial charge in [-0.15, -0.1) is 0 Å². The average molecular weight is 251 g/mol. The fourth-order valence-corrected chi connectivity index (χ4v) is 2.31. The van der Waals surface area contributed by atoms with Crippen LogP contribution in [0.2, 0.25) is 0 Å². The number of nitrogens with zero attached hydrogens (tertiary/aromatic N) is 4. The molecule has 0 bridgehead atoms. The Balaban J connectivity index is 2.15. The maximum atomic E-state index is 10.6. The first-order chi connectivity index (χ1) is 8.72. The van der Waals surface area contributed by atoms with E-state index in [1.54, 1.807) is 0 Å². The molecular weight excluding hydrogens is 234 g/mol. The maximum absolute atomic E-state index is 10.6. The van der Waals surface area contributed by atoms with Crippen molar-refractivity contribution in [3.8, 4) is 0 Å². The molecule has 98 valence electrons. The van der Waals surface area contributed by atoms with Crippen molar-refractivity contribution in [2.45, 2.75) is 31.7 Å². The number of nitrogens with two attached hydrogens (primary N) is 1. The molecule has 0 aliphatic carbocycles. The summed E-state index contributed by atoms with van der Waals surface area (Å²) in [4.78, 5) is 20.4. The fraction of sp³-hybridized carbons (Fsp3) is 0.636. The van der Waals surface area contributed by atoms with Gasteiger partial charge in [-0.1, -0.05) is 0 Å². The van der Waals surface area contributed by atoms with E-state index in [0.29, 0.717) is 18.5 Å². The van der Waals surface area contributed by atoms with Gasteiger partial charge in [0, 0.05) is 12.6 Å². The Bertz CT molecular complexity index is 406. The lowest BCUT2D eigenvalue weighted by Gasteiger charge is -2.35. The number of anilines is 1. The molecule has 0 saturated carbocycles. The van der Waals surface area contributed by atoms with Gasteiger partial charge < -0.3 is 10.6 Å². The van der Waals surface area contributed by atoms with Crippen molar-refractivity contribution in [2.75, 3.05) is 18.0 Å². The van der Waals surface area contributed by atoms with E-state index in [4.69, 9.17) is 5.73 Å². The third-order valence-electron chi connectivity index (χ3n) is 3.22. The molecule has 1 aromatic rings. The van der Waals surface area contributed by atoms with Crippen LogP contribution in [-0.2, 0) is 0 Å². The molecule has 1 unspecified atom stereocenters. The van der Waals surface area contributed by atoms with Crippen LogP contribution in [0.4, 0.5) is 11.6 Å². The Morgan fingerprint density at radius 1 is 1.44 bits per heavy atom. The second kappa shape index (κ2) is 5.72.